The molecular weight excluding hydrogens is 378 g/mol. The van der Waals surface area contributed by atoms with Crippen LogP contribution in [-0.4, -0.2) is 27.4 Å². The number of thiophene rings is 2. The molecule has 0 fully saturated rings. The summed E-state index contributed by atoms with van der Waals surface area (Å²) in [6.45, 7) is 5.25. The molecule has 142 valence electrons. The zero-order valence-corrected chi connectivity index (χ0v) is 17.5. The van der Waals surface area contributed by atoms with Gasteiger partial charge in [0, 0.05) is 24.9 Å². The van der Waals surface area contributed by atoms with Crippen LogP contribution in [0.25, 0.3) is 10.2 Å². The highest BCUT2D eigenvalue weighted by Crippen LogP contribution is 2.30. The van der Waals surface area contributed by atoms with E-state index in [9.17, 15) is 9.59 Å². The molecule has 0 radical (unpaired) electrons. The standard InChI is InChI=1S/C20H23N3O2S2/c1-12-8-10-26-14(12)11-22(3)20(25)17-13(2)16-18(27-17)21-15-7-5-4-6-9-23(15)19(16)24/h8,10H,4-7,9,11H2,1-3H3. The van der Waals surface area contributed by atoms with E-state index in [1.54, 1.807) is 16.2 Å². The van der Waals surface area contributed by atoms with Gasteiger partial charge in [-0.3, -0.25) is 14.2 Å². The number of hydrogen-bond acceptors (Lipinski definition) is 5. The van der Waals surface area contributed by atoms with E-state index in [1.807, 2.05) is 23.9 Å². The summed E-state index contributed by atoms with van der Waals surface area (Å²) in [5.41, 5.74) is 1.99. The number of fused-ring (bicyclic) bond motifs is 2. The fourth-order valence-electron chi connectivity index (χ4n) is 3.64. The lowest BCUT2D eigenvalue weighted by atomic mass is 10.2. The third kappa shape index (κ3) is 3.23. The molecule has 0 unspecified atom stereocenters. The highest BCUT2D eigenvalue weighted by atomic mass is 32.1. The molecule has 3 aromatic heterocycles. The summed E-state index contributed by atoms with van der Waals surface area (Å²) in [6, 6.07) is 2.07. The van der Waals surface area contributed by atoms with Crippen LogP contribution < -0.4 is 5.56 Å². The molecule has 3 aromatic rings. The number of carbonyl (C=O) groups excluding carboxylic acids is 1. The van der Waals surface area contributed by atoms with E-state index in [2.05, 4.69) is 13.0 Å². The summed E-state index contributed by atoms with van der Waals surface area (Å²) in [4.78, 5) is 35.1. The second kappa shape index (κ2) is 7.20. The van der Waals surface area contributed by atoms with E-state index in [4.69, 9.17) is 4.98 Å². The average molecular weight is 402 g/mol. The number of aromatic nitrogens is 2. The Kier molecular flexibility index (Phi) is 4.90. The Hall–Kier alpha value is -1.99. The first-order chi connectivity index (χ1) is 13.0. The highest BCUT2D eigenvalue weighted by Gasteiger charge is 2.24. The number of aryl methyl sites for hydroxylation is 3. The zero-order valence-electron chi connectivity index (χ0n) is 15.9. The summed E-state index contributed by atoms with van der Waals surface area (Å²) in [6.07, 6.45) is 4.05. The van der Waals surface area contributed by atoms with Crippen molar-refractivity contribution in [1.29, 1.82) is 0 Å². The molecule has 1 amide bonds. The molecule has 0 atom stereocenters. The molecule has 1 aliphatic rings. The smallest absolute Gasteiger partial charge is 0.264 e. The number of hydrogen-bond donors (Lipinski definition) is 0. The Morgan fingerprint density at radius 1 is 1.30 bits per heavy atom. The van der Waals surface area contributed by atoms with Gasteiger partial charge in [-0.2, -0.15) is 0 Å². The fraction of sp³-hybridized carbons (Fsp3) is 0.450. The molecule has 7 heteroatoms. The van der Waals surface area contributed by atoms with Gasteiger partial charge in [-0.1, -0.05) is 6.42 Å². The van der Waals surface area contributed by atoms with Gasteiger partial charge in [0.2, 0.25) is 0 Å². The number of nitrogens with zero attached hydrogens (tertiary/aromatic N) is 3. The minimum atomic E-state index is -0.0390. The first kappa shape index (κ1) is 18.4. The van der Waals surface area contributed by atoms with Gasteiger partial charge in [-0.25, -0.2) is 4.98 Å². The van der Waals surface area contributed by atoms with E-state index in [0.29, 0.717) is 21.6 Å². The van der Waals surface area contributed by atoms with Crippen molar-refractivity contribution >= 4 is 38.8 Å². The van der Waals surface area contributed by atoms with Gasteiger partial charge in [-0.05, 0) is 49.3 Å². The first-order valence-corrected chi connectivity index (χ1v) is 11.0. The Morgan fingerprint density at radius 3 is 2.85 bits per heavy atom. The summed E-state index contributed by atoms with van der Waals surface area (Å²) in [5.74, 6) is 0.829. The summed E-state index contributed by atoms with van der Waals surface area (Å²) in [5, 5.41) is 2.67. The van der Waals surface area contributed by atoms with Crippen molar-refractivity contribution in [3.8, 4) is 0 Å². The van der Waals surface area contributed by atoms with E-state index in [1.165, 1.54) is 21.8 Å². The van der Waals surface area contributed by atoms with Crippen molar-refractivity contribution in [3.05, 3.63) is 48.5 Å². The molecule has 0 spiro atoms. The Bertz CT molecular complexity index is 1080. The summed E-state index contributed by atoms with van der Waals surface area (Å²) in [7, 11) is 1.82. The summed E-state index contributed by atoms with van der Waals surface area (Å²) >= 11 is 3.02. The SMILES string of the molecule is Cc1ccsc1CN(C)C(=O)c1sc2nc3n(c(=O)c2c1C)CCCCC3. The monoisotopic (exact) mass is 401 g/mol. The predicted molar refractivity (Wildman–Crippen MR) is 111 cm³/mol. The molecule has 5 nitrogen and oxygen atoms in total. The van der Waals surface area contributed by atoms with Crippen molar-refractivity contribution < 1.29 is 4.79 Å². The molecule has 4 heterocycles. The van der Waals surface area contributed by atoms with Crippen LogP contribution in [0, 0.1) is 13.8 Å². The lowest BCUT2D eigenvalue weighted by Gasteiger charge is -2.16. The maximum absolute atomic E-state index is 13.1. The lowest BCUT2D eigenvalue weighted by Crippen LogP contribution is -2.26. The predicted octanol–water partition coefficient (Wildman–Crippen LogP) is 4.13. The van der Waals surface area contributed by atoms with Crippen molar-refractivity contribution in [1.82, 2.24) is 14.5 Å². The summed E-state index contributed by atoms with van der Waals surface area (Å²) < 4.78 is 1.82. The van der Waals surface area contributed by atoms with Crippen LogP contribution in [0.1, 0.15) is 50.8 Å². The molecule has 27 heavy (non-hydrogen) atoms. The topological polar surface area (TPSA) is 55.2 Å². The van der Waals surface area contributed by atoms with Gasteiger partial charge in [0.25, 0.3) is 11.5 Å². The first-order valence-electron chi connectivity index (χ1n) is 9.28. The lowest BCUT2D eigenvalue weighted by molar-refractivity contribution is 0.0790. The number of amides is 1. The maximum Gasteiger partial charge on any atom is 0.264 e. The minimum Gasteiger partial charge on any atom is -0.336 e. The van der Waals surface area contributed by atoms with Crippen LogP contribution >= 0.6 is 22.7 Å². The fourth-order valence-corrected chi connectivity index (χ4v) is 5.78. The van der Waals surface area contributed by atoms with Crippen LogP contribution in [0.3, 0.4) is 0 Å². The van der Waals surface area contributed by atoms with Crippen molar-refractivity contribution in [3.63, 3.8) is 0 Å². The minimum absolute atomic E-state index is 0.0152. The molecule has 0 N–H and O–H groups in total. The third-order valence-electron chi connectivity index (χ3n) is 5.30. The Morgan fingerprint density at radius 2 is 2.11 bits per heavy atom. The van der Waals surface area contributed by atoms with Crippen LogP contribution in [0.2, 0.25) is 0 Å². The van der Waals surface area contributed by atoms with Gasteiger partial charge >= 0.3 is 0 Å². The van der Waals surface area contributed by atoms with E-state index in [-0.39, 0.29) is 11.5 Å². The van der Waals surface area contributed by atoms with Gasteiger partial charge in [0.1, 0.15) is 10.7 Å². The normalized spacial score (nSPS) is 14.2. The molecule has 0 saturated carbocycles. The molecular formula is C20H23N3O2S2. The third-order valence-corrected chi connectivity index (χ3v) is 7.48. The second-order valence-electron chi connectivity index (χ2n) is 7.22. The van der Waals surface area contributed by atoms with Crippen molar-refractivity contribution in [2.24, 2.45) is 0 Å². The van der Waals surface area contributed by atoms with E-state index in [0.717, 1.165) is 43.6 Å². The van der Waals surface area contributed by atoms with E-state index >= 15 is 0 Å². The van der Waals surface area contributed by atoms with Gasteiger partial charge < -0.3 is 4.90 Å². The van der Waals surface area contributed by atoms with Crippen LogP contribution in [0.5, 0.6) is 0 Å². The Labute approximate surface area is 166 Å². The molecule has 0 saturated heterocycles. The second-order valence-corrected chi connectivity index (χ2v) is 9.22. The highest BCUT2D eigenvalue weighted by molar-refractivity contribution is 7.20. The van der Waals surface area contributed by atoms with Crippen LogP contribution in [-0.2, 0) is 19.5 Å². The zero-order chi connectivity index (χ0) is 19.1. The molecule has 4 rings (SSSR count). The maximum atomic E-state index is 13.1. The molecule has 0 aliphatic carbocycles. The quantitative estimate of drug-likeness (QED) is 0.663. The van der Waals surface area contributed by atoms with Crippen LogP contribution in [0.15, 0.2) is 16.2 Å². The van der Waals surface area contributed by atoms with Crippen LogP contribution in [0.4, 0.5) is 0 Å². The molecule has 1 aliphatic heterocycles. The number of rotatable bonds is 3. The van der Waals surface area contributed by atoms with Crippen molar-refractivity contribution in [2.45, 2.75) is 52.6 Å². The van der Waals surface area contributed by atoms with Gasteiger partial charge in [-0.15, -0.1) is 22.7 Å². The average Bonchev–Trinajstić information content (AvgIpc) is 3.09. The van der Waals surface area contributed by atoms with Crippen molar-refractivity contribution in [2.75, 3.05) is 7.05 Å². The van der Waals surface area contributed by atoms with E-state index < -0.39 is 0 Å². The van der Waals surface area contributed by atoms with Gasteiger partial charge in [0.05, 0.1) is 16.8 Å². The Balaban J connectivity index is 1.73. The van der Waals surface area contributed by atoms with Gasteiger partial charge in [0.15, 0.2) is 0 Å². The molecule has 0 aromatic carbocycles. The number of carbonyl (C=O) groups is 1. The largest absolute Gasteiger partial charge is 0.336 e. The molecule has 0 bridgehead atoms.